The normalized spacial score (nSPS) is 11.9. The number of aliphatic hydroxyl groups excluding tert-OH is 1. The molecule has 0 aromatic heterocycles. The van der Waals surface area contributed by atoms with Crippen LogP contribution in [0, 0.1) is 17.0 Å². The molecule has 0 bridgehead atoms. The number of rotatable bonds is 4. The molecule has 0 saturated heterocycles. The van der Waals surface area contributed by atoms with Crippen LogP contribution in [0.4, 0.5) is 5.69 Å². The van der Waals surface area contributed by atoms with Gasteiger partial charge >= 0.3 is 0 Å². The summed E-state index contributed by atoms with van der Waals surface area (Å²) >= 11 is 0. The number of benzene rings is 1. The van der Waals surface area contributed by atoms with Gasteiger partial charge in [-0.1, -0.05) is 12.1 Å². The third-order valence-corrected chi connectivity index (χ3v) is 2.32. The highest BCUT2D eigenvalue weighted by atomic mass is 16.6. The van der Waals surface area contributed by atoms with Crippen LogP contribution in [0.2, 0.25) is 0 Å². The third-order valence-electron chi connectivity index (χ3n) is 2.32. The van der Waals surface area contributed by atoms with Crippen LogP contribution >= 0.6 is 0 Å². The van der Waals surface area contributed by atoms with Gasteiger partial charge in [-0.25, -0.2) is 0 Å². The summed E-state index contributed by atoms with van der Waals surface area (Å²) in [5.41, 5.74) is 0.241. The van der Waals surface area contributed by atoms with Gasteiger partial charge < -0.3 is 10.4 Å². The predicted octanol–water partition coefficient (Wildman–Crippen LogP) is 1.01. The lowest BCUT2D eigenvalue weighted by atomic mass is 10.1. The molecular formula is C11H14N2O4. The maximum Gasteiger partial charge on any atom is 0.285 e. The standard InChI is InChI=1S/C11H14N2O4/c1-7-4-3-5-9(10(7)13(16)17)11(15)12-8(2)6-14/h3-5,8,14H,6H2,1-2H3,(H,12,15)/t8-/m0/s1. The van der Waals surface area contributed by atoms with Crippen LogP contribution in [-0.2, 0) is 0 Å². The Morgan fingerprint density at radius 3 is 2.76 bits per heavy atom. The molecule has 0 saturated carbocycles. The Hall–Kier alpha value is -1.95. The van der Waals surface area contributed by atoms with Crippen LogP contribution in [0.1, 0.15) is 22.8 Å². The van der Waals surface area contributed by atoms with Gasteiger partial charge in [0.1, 0.15) is 5.56 Å². The Morgan fingerprint density at radius 1 is 1.59 bits per heavy atom. The molecule has 1 aromatic carbocycles. The first kappa shape index (κ1) is 13.1. The molecule has 0 heterocycles. The van der Waals surface area contributed by atoms with Crippen LogP contribution in [0.3, 0.4) is 0 Å². The molecule has 0 aliphatic heterocycles. The van der Waals surface area contributed by atoms with Crippen LogP contribution in [0.5, 0.6) is 0 Å². The SMILES string of the molecule is Cc1cccc(C(=O)N[C@@H](C)CO)c1[N+](=O)[O-]. The molecule has 6 heteroatoms. The van der Waals surface area contributed by atoms with Crippen molar-refractivity contribution in [3.63, 3.8) is 0 Å². The first-order valence-corrected chi connectivity index (χ1v) is 5.13. The van der Waals surface area contributed by atoms with Crippen molar-refractivity contribution in [2.45, 2.75) is 19.9 Å². The summed E-state index contributed by atoms with van der Waals surface area (Å²) in [5, 5.41) is 22.2. The number of nitro benzene ring substituents is 1. The minimum absolute atomic E-state index is 0.00954. The van der Waals surface area contributed by atoms with Crippen molar-refractivity contribution in [3.8, 4) is 0 Å². The van der Waals surface area contributed by atoms with Crippen molar-refractivity contribution in [1.29, 1.82) is 0 Å². The maximum absolute atomic E-state index is 11.8. The number of nitrogens with one attached hydrogen (secondary N) is 1. The third kappa shape index (κ3) is 3.01. The molecule has 17 heavy (non-hydrogen) atoms. The van der Waals surface area contributed by atoms with Gasteiger partial charge in [0.2, 0.25) is 0 Å². The fourth-order valence-electron chi connectivity index (χ4n) is 1.43. The van der Waals surface area contributed by atoms with Crippen LogP contribution < -0.4 is 5.32 Å². The molecule has 0 radical (unpaired) electrons. The first-order chi connectivity index (χ1) is 7.97. The highest BCUT2D eigenvalue weighted by Gasteiger charge is 2.22. The monoisotopic (exact) mass is 238 g/mol. The molecule has 1 aromatic rings. The van der Waals surface area contributed by atoms with Crippen molar-refractivity contribution in [1.82, 2.24) is 5.32 Å². The van der Waals surface area contributed by atoms with Gasteiger partial charge in [-0.05, 0) is 19.9 Å². The van der Waals surface area contributed by atoms with E-state index in [0.29, 0.717) is 5.56 Å². The van der Waals surface area contributed by atoms with Crippen molar-refractivity contribution in [2.24, 2.45) is 0 Å². The summed E-state index contributed by atoms with van der Waals surface area (Å²) in [4.78, 5) is 22.1. The summed E-state index contributed by atoms with van der Waals surface area (Å²) in [6, 6.07) is 4.11. The average Bonchev–Trinajstić information content (AvgIpc) is 2.27. The average molecular weight is 238 g/mol. The molecule has 0 aliphatic rings. The molecule has 92 valence electrons. The van der Waals surface area contributed by atoms with Crippen molar-refractivity contribution >= 4 is 11.6 Å². The van der Waals surface area contributed by atoms with Crippen LogP contribution in [0.15, 0.2) is 18.2 Å². The van der Waals surface area contributed by atoms with Gasteiger partial charge in [-0.2, -0.15) is 0 Å². The highest BCUT2D eigenvalue weighted by Crippen LogP contribution is 2.22. The van der Waals surface area contributed by atoms with Gasteiger partial charge in [0, 0.05) is 11.6 Å². The second-order valence-electron chi connectivity index (χ2n) is 3.79. The van der Waals surface area contributed by atoms with Crippen molar-refractivity contribution < 1.29 is 14.8 Å². The van der Waals surface area contributed by atoms with Gasteiger partial charge in [0.05, 0.1) is 11.5 Å². The lowest BCUT2D eigenvalue weighted by Crippen LogP contribution is -2.35. The molecule has 2 N–H and O–H groups in total. The quantitative estimate of drug-likeness (QED) is 0.605. The number of carbonyl (C=O) groups excluding carboxylic acids is 1. The number of aliphatic hydroxyl groups is 1. The van der Waals surface area contributed by atoms with E-state index < -0.39 is 16.9 Å². The smallest absolute Gasteiger partial charge is 0.285 e. The van der Waals surface area contributed by atoms with Crippen LogP contribution in [-0.4, -0.2) is 28.6 Å². The molecular weight excluding hydrogens is 224 g/mol. The number of amides is 1. The Bertz CT molecular complexity index is 445. The molecule has 0 unspecified atom stereocenters. The van der Waals surface area contributed by atoms with E-state index in [2.05, 4.69) is 5.32 Å². The molecule has 0 spiro atoms. The molecule has 0 aliphatic carbocycles. The van der Waals surface area contributed by atoms with Gasteiger partial charge in [-0.3, -0.25) is 14.9 Å². The number of nitro groups is 1. The highest BCUT2D eigenvalue weighted by molar-refractivity contribution is 5.98. The number of hydrogen-bond acceptors (Lipinski definition) is 4. The van der Waals surface area contributed by atoms with Gasteiger partial charge in [0.25, 0.3) is 11.6 Å². The molecule has 6 nitrogen and oxygen atoms in total. The van der Waals surface area contributed by atoms with E-state index in [1.54, 1.807) is 26.0 Å². The van der Waals surface area contributed by atoms with Crippen molar-refractivity contribution in [3.05, 3.63) is 39.4 Å². The summed E-state index contributed by atoms with van der Waals surface area (Å²) < 4.78 is 0. The summed E-state index contributed by atoms with van der Waals surface area (Å²) in [5.74, 6) is -0.554. The second kappa shape index (κ2) is 5.40. The Kier molecular flexibility index (Phi) is 4.17. The first-order valence-electron chi connectivity index (χ1n) is 5.13. The number of nitrogens with zero attached hydrogens (tertiary/aromatic N) is 1. The predicted molar refractivity (Wildman–Crippen MR) is 61.8 cm³/mol. The molecule has 1 amide bonds. The zero-order valence-electron chi connectivity index (χ0n) is 9.64. The Morgan fingerprint density at radius 2 is 2.24 bits per heavy atom. The zero-order chi connectivity index (χ0) is 13.0. The Labute approximate surface area is 98.4 Å². The van der Waals surface area contributed by atoms with Crippen LogP contribution in [0.25, 0.3) is 0 Å². The fourth-order valence-corrected chi connectivity index (χ4v) is 1.43. The molecule has 0 fully saturated rings. The minimum atomic E-state index is -0.576. The summed E-state index contributed by atoms with van der Waals surface area (Å²) in [6.07, 6.45) is 0. The number of aryl methyl sites for hydroxylation is 1. The molecule has 1 atom stereocenters. The summed E-state index contributed by atoms with van der Waals surface area (Å²) in [7, 11) is 0. The summed E-state index contributed by atoms with van der Waals surface area (Å²) in [6.45, 7) is 2.97. The maximum atomic E-state index is 11.8. The minimum Gasteiger partial charge on any atom is -0.394 e. The van der Waals surface area contributed by atoms with E-state index in [1.165, 1.54) is 6.07 Å². The van der Waals surface area contributed by atoms with E-state index in [4.69, 9.17) is 5.11 Å². The largest absolute Gasteiger partial charge is 0.394 e. The molecule has 1 rings (SSSR count). The zero-order valence-corrected chi connectivity index (χ0v) is 9.64. The van der Waals surface area contributed by atoms with E-state index in [1.807, 2.05) is 0 Å². The number of para-hydroxylation sites is 1. The Balaban J connectivity index is 3.09. The number of carbonyl (C=O) groups is 1. The lowest BCUT2D eigenvalue weighted by Gasteiger charge is -2.11. The van der Waals surface area contributed by atoms with E-state index >= 15 is 0 Å². The topological polar surface area (TPSA) is 92.5 Å². The van der Waals surface area contributed by atoms with Crippen molar-refractivity contribution in [2.75, 3.05) is 6.61 Å². The van der Waals surface area contributed by atoms with Gasteiger partial charge in [0.15, 0.2) is 0 Å². The number of hydrogen-bond donors (Lipinski definition) is 2. The van der Waals surface area contributed by atoms with E-state index in [9.17, 15) is 14.9 Å². The van der Waals surface area contributed by atoms with E-state index in [0.717, 1.165) is 0 Å². The lowest BCUT2D eigenvalue weighted by molar-refractivity contribution is -0.385. The second-order valence-corrected chi connectivity index (χ2v) is 3.79. The van der Waals surface area contributed by atoms with E-state index in [-0.39, 0.29) is 17.9 Å². The van der Waals surface area contributed by atoms with Gasteiger partial charge in [-0.15, -0.1) is 0 Å². The fraction of sp³-hybridized carbons (Fsp3) is 0.364.